The fraction of sp³-hybridized carbons (Fsp3) is 0.188. The number of rotatable bonds is 5. The Bertz CT molecular complexity index is 617. The molecule has 21 heavy (non-hydrogen) atoms. The number of benzene rings is 2. The second-order valence-corrected chi connectivity index (χ2v) is 5.45. The van der Waals surface area contributed by atoms with Gasteiger partial charge < -0.3 is 10.6 Å². The number of anilines is 1. The molecule has 2 aromatic carbocycles. The molecule has 0 saturated carbocycles. The molecule has 110 valence electrons. The maximum Gasteiger partial charge on any atom is 0.238 e. The first-order chi connectivity index (χ1) is 10.1. The lowest BCUT2D eigenvalue weighted by Gasteiger charge is -2.14. The molecule has 2 rings (SSSR count). The van der Waals surface area contributed by atoms with Gasteiger partial charge in [0.15, 0.2) is 0 Å². The van der Waals surface area contributed by atoms with Crippen molar-refractivity contribution in [1.29, 1.82) is 0 Å². The second-order valence-electron chi connectivity index (χ2n) is 4.66. The highest BCUT2D eigenvalue weighted by molar-refractivity contribution is 6.43. The van der Waals surface area contributed by atoms with Crippen molar-refractivity contribution in [3.8, 4) is 0 Å². The Morgan fingerprint density at radius 3 is 2.52 bits per heavy atom. The Kier molecular flexibility index (Phi) is 5.62. The third kappa shape index (κ3) is 4.46. The zero-order chi connectivity index (χ0) is 15.2. The average Bonchev–Trinajstić information content (AvgIpc) is 2.50. The van der Waals surface area contributed by atoms with E-state index in [1.807, 2.05) is 37.3 Å². The summed E-state index contributed by atoms with van der Waals surface area (Å²) >= 11 is 11.9. The van der Waals surface area contributed by atoms with Gasteiger partial charge in [-0.1, -0.05) is 59.6 Å². The molecule has 0 fully saturated rings. The monoisotopic (exact) mass is 322 g/mol. The van der Waals surface area contributed by atoms with Crippen LogP contribution in [-0.2, 0) is 4.79 Å². The normalized spacial score (nSPS) is 12.0. The molecule has 1 atom stereocenters. The number of carbonyl (C=O) groups is 1. The van der Waals surface area contributed by atoms with Crippen molar-refractivity contribution < 1.29 is 4.79 Å². The molecule has 0 aliphatic carbocycles. The average molecular weight is 323 g/mol. The van der Waals surface area contributed by atoms with E-state index in [1.165, 1.54) is 0 Å². The summed E-state index contributed by atoms with van der Waals surface area (Å²) in [5.41, 5.74) is 1.65. The lowest BCUT2D eigenvalue weighted by Crippen LogP contribution is -2.30. The van der Waals surface area contributed by atoms with Crippen LogP contribution in [0.15, 0.2) is 48.5 Å². The first-order valence-corrected chi connectivity index (χ1v) is 7.35. The molecule has 5 heteroatoms. The third-order valence-electron chi connectivity index (χ3n) is 3.09. The fourth-order valence-corrected chi connectivity index (χ4v) is 2.25. The molecular weight excluding hydrogens is 307 g/mol. The van der Waals surface area contributed by atoms with E-state index in [-0.39, 0.29) is 18.5 Å². The van der Waals surface area contributed by atoms with Crippen molar-refractivity contribution in [2.45, 2.75) is 13.0 Å². The van der Waals surface area contributed by atoms with E-state index in [1.54, 1.807) is 18.2 Å². The number of hydrogen-bond acceptors (Lipinski definition) is 2. The molecule has 0 aliphatic heterocycles. The summed E-state index contributed by atoms with van der Waals surface area (Å²) in [6.45, 7) is 2.20. The number of carbonyl (C=O) groups excluding carboxylic acids is 1. The number of halogens is 2. The van der Waals surface area contributed by atoms with Crippen molar-refractivity contribution >= 4 is 34.8 Å². The summed E-state index contributed by atoms with van der Waals surface area (Å²) in [4.78, 5) is 11.9. The lowest BCUT2D eigenvalue weighted by atomic mass is 10.1. The van der Waals surface area contributed by atoms with E-state index in [0.29, 0.717) is 15.7 Å². The summed E-state index contributed by atoms with van der Waals surface area (Å²) in [6.07, 6.45) is 0. The number of amides is 1. The molecule has 1 amide bonds. The Morgan fingerprint density at radius 1 is 1.10 bits per heavy atom. The highest BCUT2D eigenvalue weighted by Crippen LogP contribution is 2.29. The van der Waals surface area contributed by atoms with Crippen LogP contribution in [0, 0.1) is 0 Å². The molecule has 3 nitrogen and oxygen atoms in total. The molecule has 0 spiro atoms. The van der Waals surface area contributed by atoms with Crippen LogP contribution in [0.4, 0.5) is 5.69 Å². The minimum Gasteiger partial charge on any atom is -0.324 e. The van der Waals surface area contributed by atoms with Gasteiger partial charge in [0.25, 0.3) is 0 Å². The van der Waals surface area contributed by atoms with Gasteiger partial charge in [-0.3, -0.25) is 4.79 Å². The standard InChI is InChI=1S/C16H16Cl2N2O/c1-11(12-6-3-2-4-7-12)19-10-15(21)20-14-9-5-8-13(17)16(14)18/h2-9,11,19H,10H2,1H3,(H,20,21). The maximum absolute atomic E-state index is 11.9. The predicted octanol–water partition coefficient (Wildman–Crippen LogP) is 4.28. The van der Waals surface area contributed by atoms with E-state index < -0.39 is 0 Å². The van der Waals surface area contributed by atoms with E-state index in [4.69, 9.17) is 23.2 Å². The third-order valence-corrected chi connectivity index (χ3v) is 3.91. The van der Waals surface area contributed by atoms with Gasteiger partial charge in [0.2, 0.25) is 5.91 Å². The first-order valence-electron chi connectivity index (χ1n) is 6.60. The Hall–Kier alpha value is -1.55. The summed E-state index contributed by atoms with van der Waals surface area (Å²) < 4.78 is 0. The van der Waals surface area contributed by atoms with Crippen molar-refractivity contribution in [3.05, 3.63) is 64.1 Å². The fourth-order valence-electron chi connectivity index (χ4n) is 1.90. The van der Waals surface area contributed by atoms with Crippen LogP contribution in [0.3, 0.4) is 0 Å². The van der Waals surface area contributed by atoms with Gasteiger partial charge in [-0.2, -0.15) is 0 Å². The zero-order valence-electron chi connectivity index (χ0n) is 11.6. The minimum absolute atomic E-state index is 0.0896. The molecule has 0 saturated heterocycles. The molecular formula is C16H16Cl2N2O. The highest BCUT2D eigenvalue weighted by Gasteiger charge is 2.10. The molecule has 0 bridgehead atoms. The number of hydrogen-bond donors (Lipinski definition) is 2. The van der Waals surface area contributed by atoms with Crippen LogP contribution in [0.5, 0.6) is 0 Å². The van der Waals surface area contributed by atoms with Gasteiger partial charge in [-0.15, -0.1) is 0 Å². The topological polar surface area (TPSA) is 41.1 Å². The van der Waals surface area contributed by atoms with Gasteiger partial charge in [0.05, 0.1) is 22.3 Å². The van der Waals surface area contributed by atoms with E-state index in [9.17, 15) is 4.79 Å². The van der Waals surface area contributed by atoms with Gasteiger partial charge in [0.1, 0.15) is 0 Å². The van der Waals surface area contributed by atoms with Gasteiger partial charge >= 0.3 is 0 Å². The van der Waals surface area contributed by atoms with Crippen molar-refractivity contribution in [2.24, 2.45) is 0 Å². The Morgan fingerprint density at radius 2 is 1.81 bits per heavy atom. The second kappa shape index (κ2) is 7.46. The predicted molar refractivity (Wildman–Crippen MR) is 88.0 cm³/mol. The van der Waals surface area contributed by atoms with Gasteiger partial charge in [-0.05, 0) is 24.6 Å². The highest BCUT2D eigenvalue weighted by atomic mass is 35.5. The number of nitrogens with one attached hydrogen (secondary N) is 2. The molecule has 0 aliphatic rings. The molecule has 0 radical (unpaired) electrons. The summed E-state index contributed by atoms with van der Waals surface area (Å²) in [6, 6.07) is 15.2. The van der Waals surface area contributed by atoms with Crippen LogP contribution in [0.2, 0.25) is 10.0 Å². The maximum atomic E-state index is 11.9. The smallest absolute Gasteiger partial charge is 0.238 e. The van der Waals surface area contributed by atoms with Crippen LogP contribution >= 0.6 is 23.2 Å². The summed E-state index contributed by atoms with van der Waals surface area (Å²) in [5, 5.41) is 6.67. The van der Waals surface area contributed by atoms with Crippen molar-refractivity contribution in [2.75, 3.05) is 11.9 Å². The largest absolute Gasteiger partial charge is 0.324 e. The Balaban J connectivity index is 1.89. The van der Waals surface area contributed by atoms with E-state index >= 15 is 0 Å². The Labute approximate surface area is 134 Å². The van der Waals surface area contributed by atoms with Crippen LogP contribution < -0.4 is 10.6 Å². The van der Waals surface area contributed by atoms with Gasteiger partial charge in [0, 0.05) is 6.04 Å². The van der Waals surface area contributed by atoms with Crippen molar-refractivity contribution in [3.63, 3.8) is 0 Å². The minimum atomic E-state index is -0.165. The van der Waals surface area contributed by atoms with Crippen LogP contribution in [0.25, 0.3) is 0 Å². The zero-order valence-corrected chi connectivity index (χ0v) is 13.1. The van der Waals surface area contributed by atoms with E-state index in [0.717, 1.165) is 5.56 Å². The van der Waals surface area contributed by atoms with Crippen LogP contribution in [0.1, 0.15) is 18.5 Å². The van der Waals surface area contributed by atoms with E-state index in [2.05, 4.69) is 10.6 Å². The van der Waals surface area contributed by atoms with Crippen molar-refractivity contribution in [1.82, 2.24) is 5.32 Å². The molecule has 2 N–H and O–H groups in total. The first kappa shape index (κ1) is 15.8. The molecule has 0 heterocycles. The summed E-state index contributed by atoms with van der Waals surface area (Å²) in [7, 11) is 0. The van der Waals surface area contributed by atoms with Gasteiger partial charge in [-0.25, -0.2) is 0 Å². The van der Waals surface area contributed by atoms with Crippen LogP contribution in [-0.4, -0.2) is 12.5 Å². The lowest BCUT2D eigenvalue weighted by molar-refractivity contribution is -0.115. The quantitative estimate of drug-likeness (QED) is 0.862. The molecule has 2 aromatic rings. The SMILES string of the molecule is CC(NCC(=O)Nc1cccc(Cl)c1Cl)c1ccccc1. The molecule has 1 unspecified atom stereocenters. The molecule has 0 aromatic heterocycles. The summed E-state index contributed by atoms with van der Waals surface area (Å²) in [5.74, 6) is -0.165.